The molecule has 0 saturated heterocycles. The number of carbonyl (C=O) groups is 1. The number of hydrogen-bond donors (Lipinski definition) is 2. The van der Waals surface area contributed by atoms with Gasteiger partial charge in [-0.05, 0) is 29.9 Å². The molecule has 2 N–H and O–H groups in total. The van der Waals surface area contributed by atoms with Crippen LogP contribution >= 0.6 is 11.8 Å². The predicted octanol–water partition coefficient (Wildman–Crippen LogP) is 2.95. The molecule has 112 valence electrons. The number of hydrogen-bond acceptors (Lipinski definition) is 4. The summed E-state index contributed by atoms with van der Waals surface area (Å²) in [6.45, 7) is 5.83. The molecule has 0 radical (unpaired) electrons. The lowest BCUT2D eigenvalue weighted by Gasteiger charge is -2.18. The molecule has 1 aromatic rings. The molecule has 0 aliphatic heterocycles. The fraction of sp³-hybridized carbons (Fsp3) is 0.562. The molecule has 20 heavy (non-hydrogen) atoms. The Morgan fingerprint density at radius 3 is 2.30 bits per heavy atom. The average Bonchev–Trinajstić information content (AvgIpc) is 2.37. The first-order valence-electron chi connectivity index (χ1n) is 6.98. The summed E-state index contributed by atoms with van der Waals surface area (Å²) < 4.78 is 0. The maximum absolute atomic E-state index is 10.8. The number of benzene rings is 1. The maximum Gasteiger partial charge on any atom is 0.185 e. The van der Waals surface area contributed by atoms with Crippen molar-refractivity contribution in [3.8, 4) is 0 Å². The molecule has 0 amide bonds. The molecular weight excluding hydrogens is 272 g/mol. The highest BCUT2D eigenvalue weighted by atomic mass is 32.2. The van der Waals surface area contributed by atoms with E-state index in [-0.39, 0.29) is 5.12 Å². The van der Waals surface area contributed by atoms with Crippen molar-refractivity contribution in [2.45, 2.75) is 45.8 Å². The van der Waals surface area contributed by atoms with Crippen LogP contribution in [0.4, 0.5) is 0 Å². The third kappa shape index (κ3) is 6.07. The van der Waals surface area contributed by atoms with Crippen LogP contribution < -0.4 is 0 Å². The van der Waals surface area contributed by atoms with Crippen LogP contribution in [0.3, 0.4) is 0 Å². The van der Waals surface area contributed by atoms with Crippen molar-refractivity contribution in [3.05, 3.63) is 35.4 Å². The quantitative estimate of drug-likeness (QED) is 0.812. The van der Waals surface area contributed by atoms with Crippen molar-refractivity contribution >= 4 is 16.9 Å². The van der Waals surface area contributed by atoms with Gasteiger partial charge in [0.2, 0.25) is 0 Å². The molecule has 1 rings (SSSR count). The molecular formula is C16H24O3S. The molecule has 0 fully saturated rings. The summed E-state index contributed by atoms with van der Waals surface area (Å²) in [7, 11) is 0. The largest absolute Gasteiger partial charge is 0.390 e. The summed E-state index contributed by atoms with van der Waals surface area (Å²) in [4.78, 5) is 10.8. The molecule has 0 saturated carbocycles. The third-order valence-corrected chi connectivity index (χ3v) is 3.89. The van der Waals surface area contributed by atoms with Crippen LogP contribution in [-0.4, -0.2) is 27.2 Å². The Bertz CT molecular complexity index is 414. The van der Waals surface area contributed by atoms with E-state index in [1.54, 1.807) is 0 Å². The van der Waals surface area contributed by atoms with Crippen LogP contribution in [0.25, 0.3) is 0 Å². The van der Waals surface area contributed by atoms with E-state index in [2.05, 4.69) is 13.8 Å². The maximum atomic E-state index is 10.8. The minimum atomic E-state index is -0.893. The normalized spacial score (nSPS) is 14.3. The van der Waals surface area contributed by atoms with E-state index in [9.17, 15) is 15.0 Å². The van der Waals surface area contributed by atoms with Crippen LogP contribution in [0.1, 0.15) is 44.4 Å². The first-order valence-corrected chi connectivity index (χ1v) is 7.97. The van der Waals surface area contributed by atoms with Crippen LogP contribution in [0.2, 0.25) is 0 Å². The second-order valence-electron chi connectivity index (χ2n) is 5.48. The van der Waals surface area contributed by atoms with E-state index in [1.807, 2.05) is 24.3 Å². The first-order chi connectivity index (χ1) is 9.40. The van der Waals surface area contributed by atoms with Gasteiger partial charge in [-0.2, -0.15) is 0 Å². The fourth-order valence-corrected chi connectivity index (χ4v) is 2.67. The average molecular weight is 296 g/mol. The molecule has 0 bridgehead atoms. The van der Waals surface area contributed by atoms with Crippen molar-refractivity contribution in [2.24, 2.45) is 5.92 Å². The van der Waals surface area contributed by atoms with Crippen LogP contribution in [0, 0.1) is 5.92 Å². The van der Waals surface area contributed by atoms with E-state index in [4.69, 9.17) is 0 Å². The zero-order valence-corrected chi connectivity index (χ0v) is 13.2. The highest BCUT2D eigenvalue weighted by molar-refractivity contribution is 8.13. The Balaban J connectivity index is 2.53. The fourth-order valence-electron chi connectivity index (χ4n) is 2.03. The zero-order valence-electron chi connectivity index (χ0n) is 12.4. The topological polar surface area (TPSA) is 57.5 Å². The van der Waals surface area contributed by atoms with Gasteiger partial charge in [-0.3, -0.25) is 4.79 Å². The van der Waals surface area contributed by atoms with E-state index < -0.39 is 12.2 Å². The van der Waals surface area contributed by atoms with Crippen molar-refractivity contribution in [2.75, 3.05) is 5.75 Å². The summed E-state index contributed by atoms with van der Waals surface area (Å²) in [5.74, 6) is 1.12. The first kappa shape index (κ1) is 17.2. The summed E-state index contributed by atoms with van der Waals surface area (Å²) in [6, 6.07) is 7.72. The van der Waals surface area contributed by atoms with Gasteiger partial charge in [-0.1, -0.05) is 49.9 Å². The van der Waals surface area contributed by atoms with Gasteiger partial charge in [-0.25, -0.2) is 0 Å². The highest BCUT2D eigenvalue weighted by Crippen LogP contribution is 2.21. The van der Waals surface area contributed by atoms with Gasteiger partial charge in [-0.15, -0.1) is 0 Å². The summed E-state index contributed by atoms with van der Waals surface area (Å²) >= 11 is 1.17. The van der Waals surface area contributed by atoms with E-state index in [0.29, 0.717) is 18.1 Å². The number of aliphatic hydroxyl groups is 2. The Hall–Kier alpha value is -0.840. The molecule has 2 atom stereocenters. The molecule has 1 aromatic carbocycles. The highest BCUT2D eigenvalue weighted by Gasteiger charge is 2.18. The predicted molar refractivity (Wildman–Crippen MR) is 83.7 cm³/mol. The molecule has 0 aromatic heterocycles. The van der Waals surface area contributed by atoms with Gasteiger partial charge in [0.1, 0.15) is 6.10 Å². The van der Waals surface area contributed by atoms with Crippen molar-refractivity contribution in [3.63, 3.8) is 0 Å². The van der Waals surface area contributed by atoms with E-state index >= 15 is 0 Å². The third-order valence-electron chi connectivity index (χ3n) is 3.05. The minimum absolute atomic E-state index is 0.0322. The molecule has 0 aliphatic carbocycles. The Labute approximate surface area is 125 Å². The van der Waals surface area contributed by atoms with E-state index in [1.165, 1.54) is 24.2 Å². The second-order valence-corrected chi connectivity index (χ2v) is 6.75. The monoisotopic (exact) mass is 296 g/mol. The number of carbonyl (C=O) groups excluding carboxylic acids is 1. The second kappa shape index (κ2) is 8.45. The van der Waals surface area contributed by atoms with Crippen LogP contribution in [-0.2, 0) is 11.2 Å². The van der Waals surface area contributed by atoms with Crippen molar-refractivity contribution in [1.29, 1.82) is 0 Å². The molecule has 0 heterocycles. The minimum Gasteiger partial charge on any atom is -0.390 e. The van der Waals surface area contributed by atoms with Gasteiger partial charge in [0.25, 0.3) is 0 Å². The van der Waals surface area contributed by atoms with Gasteiger partial charge < -0.3 is 10.2 Å². The molecule has 3 nitrogen and oxygen atoms in total. The number of aliphatic hydroxyl groups excluding tert-OH is 2. The van der Waals surface area contributed by atoms with Gasteiger partial charge in [0.05, 0.1) is 6.10 Å². The lowest BCUT2D eigenvalue weighted by atomic mass is 9.98. The smallest absolute Gasteiger partial charge is 0.185 e. The lowest BCUT2D eigenvalue weighted by Crippen LogP contribution is -2.19. The Kier molecular flexibility index (Phi) is 7.27. The summed E-state index contributed by atoms with van der Waals surface area (Å²) in [5, 5.41) is 20.0. The standard InChI is InChI=1S/C16H24O3S/c1-11(2)10-13-4-6-14(7-5-13)16(19)15(18)8-9-20-12(3)17/h4-7,11,15-16,18-19H,8-10H2,1-3H3. The van der Waals surface area contributed by atoms with E-state index in [0.717, 1.165) is 12.0 Å². The van der Waals surface area contributed by atoms with Crippen molar-refractivity contribution < 1.29 is 15.0 Å². The molecule has 0 spiro atoms. The zero-order chi connectivity index (χ0) is 15.1. The summed E-state index contributed by atoms with van der Waals surface area (Å²) in [6.07, 6.45) is -0.318. The number of rotatable bonds is 7. The van der Waals surface area contributed by atoms with Crippen LogP contribution in [0.15, 0.2) is 24.3 Å². The molecule has 2 unspecified atom stereocenters. The van der Waals surface area contributed by atoms with Crippen LogP contribution in [0.5, 0.6) is 0 Å². The Morgan fingerprint density at radius 2 is 1.80 bits per heavy atom. The number of thioether (sulfide) groups is 1. The Morgan fingerprint density at radius 1 is 1.20 bits per heavy atom. The van der Waals surface area contributed by atoms with Crippen molar-refractivity contribution in [1.82, 2.24) is 0 Å². The van der Waals surface area contributed by atoms with Gasteiger partial charge in [0, 0.05) is 12.7 Å². The molecule has 0 aliphatic rings. The summed E-state index contributed by atoms with van der Waals surface area (Å²) in [5.41, 5.74) is 1.95. The molecule has 4 heteroatoms. The van der Waals surface area contributed by atoms with Gasteiger partial charge in [0.15, 0.2) is 5.12 Å². The lowest BCUT2D eigenvalue weighted by molar-refractivity contribution is -0.109. The van der Waals surface area contributed by atoms with Gasteiger partial charge >= 0.3 is 0 Å². The SMILES string of the molecule is CC(=O)SCCC(O)C(O)c1ccc(CC(C)C)cc1.